The second-order valence-electron chi connectivity index (χ2n) is 3.26. The van der Waals surface area contributed by atoms with E-state index >= 15 is 0 Å². The Kier molecular flexibility index (Phi) is 4.03. The fourth-order valence-corrected chi connectivity index (χ4v) is 1.55. The lowest BCUT2D eigenvalue weighted by molar-refractivity contribution is 0.972. The van der Waals surface area contributed by atoms with Gasteiger partial charge in [0.25, 0.3) is 0 Å². The highest BCUT2D eigenvalue weighted by Gasteiger charge is 1.96. The van der Waals surface area contributed by atoms with Gasteiger partial charge in [-0.2, -0.15) is 0 Å². The maximum absolute atomic E-state index is 4.16. The third-order valence-corrected chi connectivity index (χ3v) is 2.60. The summed E-state index contributed by atoms with van der Waals surface area (Å²) < 4.78 is 1.04. The van der Waals surface area contributed by atoms with Gasteiger partial charge in [0.2, 0.25) is 5.95 Å². The molecule has 0 fully saturated rings. The topological polar surface area (TPSA) is 50.7 Å². The number of hydrogen-bond donors (Lipinski definition) is 1. The molecule has 2 rings (SSSR count). The first-order valence-corrected chi connectivity index (χ1v) is 6.03. The van der Waals surface area contributed by atoms with Crippen LogP contribution in [0.2, 0.25) is 0 Å². The molecule has 2 aromatic heterocycles. The molecule has 82 valence electrons. The molecule has 0 saturated heterocycles. The van der Waals surface area contributed by atoms with Crippen molar-refractivity contribution in [3.8, 4) is 0 Å². The van der Waals surface area contributed by atoms with Crippen LogP contribution in [0.4, 0.5) is 5.95 Å². The third-order valence-electron chi connectivity index (χ3n) is 2.04. The second-order valence-corrected chi connectivity index (χ2v) is 4.51. The molecule has 16 heavy (non-hydrogen) atoms. The zero-order valence-corrected chi connectivity index (χ0v) is 10.8. The van der Waals surface area contributed by atoms with Gasteiger partial charge in [-0.3, -0.25) is 4.98 Å². The molecule has 0 aliphatic heterocycles. The molecule has 0 atom stereocenters. The van der Waals surface area contributed by atoms with Crippen LogP contribution in [0.3, 0.4) is 0 Å². The van der Waals surface area contributed by atoms with Gasteiger partial charge in [0.05, 0.1) is 0 Å². The van der Waals surface area contributed by atoms with E-state index in [2.05, 4.69) is 48.9 Å². The fraction of sp³-hybridized carbons (Fsp3) is 0.182. The third kappa shape index (κ3) is 3.41. The highest BCUT2D eigenvalue weighted by Crippen LogP contribution is 2.03. The number of hydrogen-bond acceptors (Lipinski definition) is 4. The van der Waals surface area contributed by atoms with E-state index in [4.69, 9.17) is 0 Å². The average Bonchev–Trinajstić information content (AvgIpc) is 2.33. The van der Waals surface area contributed by atoms with E-state index in [1.54, 1.807) is 18.6 Å². The zero-order chi connectivity index (χ0) is 11.2. The van der Waals surface area contributed by atoms with Crippen molar-refractivity contribution in [1.29, 1.82) is 0 Å². The van der Waals surface area contributed by atoms with Crippen LogP contribution in [0.25, 0.3) is 0 Å². The molecular weight excluding hydrogens is 315 g/mol. The summed E-state index contributed by atoms with van der Waals surface area (Å²) in [4.78, 5) is 12.4. The van der Waals surface area contributed by atoms with Crippen LogP contribution in [-0.2, 0) is 6.42 Å². The van der Waals surface area contributed by atoms with Gasteiger partial charge in [-0.25, -0.2) is 9.97 Å². The van der Waals surface area contributed by atoms with Gasteiger partial charge in [0.15, 0.2) is 0 Å². The quantitative estimate of drug-likeness (QED) is 0.875. The summed E-state index contributed by atoms with van der Waals surface area (Å²) >= 11 is 2.18. The van der Waals surface area contributed by atoms with E-state index in [-0.39, 0.29) is 0 Å². The molecule has 0 radical (unpaired) electrons. The number of rotatable bonds is 4. The molecule has 2 heterocycles. The minimum atomic E-state index is 0.671. The lowest BCUT2D eigenvalue weighted by atomic mass is 10.2. The first-order valence-electron chi connectivity index (χ1n) is 4.95. The van der Waals surface area contributed by atoms with Gasteiger partial charge in [-0.05, 0) is 40.6 Å². The Labute approximate surface area is 108 Å². The van der Waals surface area contributed by atoms with Crippen LogP contribution in [-0.4, -0.2) is 21.5 Å². The van der Waals surface area contributed by atoms with Crippen LogP contribution < -0.4 is 5.32 Å². The smallest absolute Gasteiger partial charge is 0.222 e. The number of pyridine rings is 1. The lowest BCUT2D eigenvalue weighted by Gasteiger charge is -2.03. The Morgan fingerprint density at radius 1 is 1.19 bits per heavy atom. The minimum absolute atomic E-state index is 0.671. The molecule has 0 unspecified atom stereocenters. The highest BCUT2D eigenvalue weighted by atomic mass is 127. The minimum Gasteiger partial charge on any atom is -0.354 e. The Morgan fingerprint density at radius 2 is 2.00 bits per heavy atom. The molecule has 1 N–H and O–H groups in total. The van der Waals surface area contributed by atoms with Gasteiger partial charge < -0.3 is 5.32 Å². The van der Waals surface area contributed by atoms with Crippen LogP contribution in [0.15, 0.2) is 36.9 Å². The van der Waals surface area contributed by atoms with Crippen LogP contribution in [0.1, 0.15) is 5.56 Å². The van der Waals surface area contributed by atoms with Crippen molar-refractivity contribution in [2.24, 2.45) is 0 Å². The Morgan fingerprint density at radius 3 is 2.69 bits per heavy atom. The monoisotopic (exact) mass is 326 g/mol. The van der Waals surface area contributed by atoms with Crippen molar-refractivity contribution in [3.63, 3.8) is 0 Å². The number of nitrogens with zero attached hydrogens (tertiary/aromatic N) is 3. The summed E-state index contributed by atoms with van der Waals surface area (Å²) in [7, 11) is 0. The van der Waals surface area contributed by atoms with Crippen LogP contribution in [0.5, 0.6) is 0 Å². The SMILES string of the molecule is Ic1cnc(NCCc2cccnc2)nc1. The summed E-state index contributed by atoms with van der Waals surface area (Å²) in [5.41, 5.74) is 1.21. The molecule has 2 aromatic rings. The molecular formula is C11H11IN4. The van der Waals surface area contributed by atoms with Crippen molar-refractivity contribution in [1.82, 2.24) is 15.0 Å². The largest absolute Gasteiger partial charge is 0.354 e. The summed E-state index contributed by atoms with van der Waals surface area (Å²) in [6.45, 7) is 0.812. The summed E-state index contributed by atoms with van der Waals surface area (Å²) in [6.07, 6.45) is 8.15. The van der Waals surface area contributed by atoms with Crippen LogP contribution >= 0.6 is 22.6 Å². The van der Waals surface area contributed by atoms with Gasteiger partial charge in [-0.1, -0.05) is 6.07 Å². The molecule has 0 amide bonds. The Balaban J connectivity index is 1.82. The molecule has 0 aliphatic carbocycles. The number of aromatic nitrogens is 3. The Bertz CT molecular complexity index is 429. The van der Waals surface area contributed by atoms with Gasteiger partial charge in [0.1, 0.15) is 0 Å². The summed E-state index contributed by atoms with van der Waals surface area (Å²) in [6, 6.07) is 4.00. The van der Waals surface area contributed by atoms with Crippen molar-refractivity contribution < 1.29 is 0 Å². The van der Waals surface area contributed by atoms with Crippen LogP contribution in [0, 0.1) is 3.57 Å². The number of anilines is 1. The molecule has 0 saturated carbocycles. The summed E-state index contributed by atoms with van der Waals surface area (Å²) in [5, 5.41) is 3.17. The van der Waals surface area contributed by atoms with E-state index in [0.717, 1.165) is 16.5 Å². The molecule has 5 heteroatoms. The molecule has 0 aromatic carbocycles. The molecule has 0 spiro atoms. The first kappa shape index (κ1) is 11.3. The number of halogens is 1. The van der Waals surface area contributed by atoms with Gasteiger partial charge in [-0.15, -0.1) is 0 Å². The predicted molar refractivity (Wildman–Crippen MR) is 71.2 cm³/mol. The first-order chi connectivity index (χ1) is 7.84. The van der Waals surface area contributed by atoms with Gasteiger partial charge >= 0.3 is 0 Å². The molecule has 0 bridgehead atoms. The van der Waals surface area contributed by atoms with Crippen molar-refractivity contribution in [2.75, 3.05) is 11.9 Å². The van der Waals surface area contributed by atoms with E-state index < -0.39 is 0 Å². The van der Waals surface area contributed by atoms with Crippen molar-refractivity contribution >= 4 is 28.5 Å². The van der Waals surface area contributed by atoms with E-state index in [1.807, 2.05) is 12.3 Å². The zero-order valence-electron chi connectivity index (χ0n) is 8.60. The van der Waals surface area contributed by atoms with E-state index in [0.29, 0.717) is 5.95 Å². The molecule has 0 aliphatic rings. The average molecular weight is 326 g/mol. The highest BCUT2D eigenvalue weighted by molar-refractivity contribution is 14.1. The van der Waals surface area contributed by atoms with Crippen molar-refractivity contribution in [2.45, 2.75) is 6.42 Å². The standard InChI is InChI=1S/C11H11IN4/c12-10-7-15-11(16-8-10)14-5-3-9-2-1-4-13-6-9/h1-2,4,6-8H,3,5H2,(H,14,15,16). The van der Waals surface area contributed by atoms with E-state index in [9.17, 15) is 0 Å². The fourth-order valence-electron chi connectivity index (χ4n) is 1.27. The number of nitrogens with one attached hydrogen (secondary N) is 1. The van der Waals surface area contributed by atoms with Gasteiger partial charge in [0, 0.05) is 34.9 Å². The Hall–Kier alpha value is -1.24. The predicted octanol–water partition coefficient (Wildman–Crippen LogP) is 2.13. The normalized spacial score (nSPS) is 10.1. The maximum Gasteiger partial charge on any atom is 0.222 e. The maximum atomic E-state index is 4.16. The summed E-state index contributed by atoms with van der Waals surface area (Å²) in [5.74, 6) is 0.671. The second kappa shape index (κ2) is 5.74. The lowest BCUT2D eigenvalue weighted by Crippen LogP contribution is -2.07. The van der Waals surface area contributed by atoms with E-state index in [1.165, 1.54) is 5.56 Å². The van der Waals surface area contributed by atoms with Crippen molar-refractivity contribution in [3.05, 3.63) is 46.1 Å². The molecule has 4 nitrogen and oxygen atoms in total.